The van der Waals surface area contributed by atoms with E-state index in [4.69, 9.17) is 0 Å². The Kier molecular flexibility index (Phi) is 5.43. The van der Waals surface area contributed by atoms with Gasteiger partial charge in [-0.2, -0.15) is 5.10 Å². The van der Waals surface area contributed by atoms with Crippen LogP contribution in [0, 0.1) is 5.82 Å². The van der Waals surface area contributed by atoms with Crippen LogP contribution >= 0.6 is 11.8 Å². The summed E-state index contributed by atoms with van der Waals surface area (Å²) in [5, 5.41) is 6.04. The molecule has 5 nitrogen and oxygen atoms in total. The fourth-order valence-corrected chi connectivity index (χ4v) is 3.78. The van der Waals surface area contributed by atoms with E-state index < -0.39 is 0 Å². The van der Waals surface area contributed by atoms with E-state index in [1.807, 2.05) is 30.3 Å². The van der Waals surface area contributed by atoms with Gasteiger partial charge in [-0.3, -0.25) is 4.79 Å². The Morgan fingerprint density at radius 1 is 1.04 bits per heavy atom. The number of Topliss-reactive ketones (excluding diaryl/α,β-unsaturated/α-hetero) is 1. The molecular formula is C21H17FN4OS. The summed E-state index contributed by atoms with van der Waals surface area (Å²) < 4.78 is 14.8. The Hall–Kier alpha value is -3.06. The first-order valence-electron chi connectivity index (χ1n) is 8.88. The number of benzene rings is 2. The number of nitrogens with zero attached hydrogens (tertiary/aromatic N) is 4. The summed E-state index contributed by atoms with van der Waals surface area (Å²) in [6.45, 7) is 0. The molecule has 0 bridgehead atoms. The van der Waals surface area contributed by atoms with Crippen LogP contribution in [0.15, 0.2) is 72.1 Å². The third-order valence-corrected chi connectivity index (χ3v) is 5.37. The lowest BCUT2D eigenvalue weighted by molar-refractivity contribution is 0.0982. The fraction of sp³-hybridized carbons (Fsp3) is 0.143. The maximum Gasteiger partial charge on any atom is 0.167 e. The van der Waals surface area contributed by atoms with Gasteiger partial charge in [-0.15, -0.1) is 11.8 Å². The number of rotatable bonds is 7. The van der Waals surface area contributed by atoms with E-state index in [2.05, 4.69) is 15.1 Å². The average molecular weight is 392 g/mol. The van der Waals surface area contributed by atoms with Gasteiger partial charge in [-0.05, 0) is 36.4 Å². The van der Waals surface area contributed by atoms with Gasteiger partial charge in [0.2, 0.25) is 0 Å². The van der Waals surface area contributed by atoms with Crippen LogP contribution in [-0.4, -0.2) is 31.3 Å². The van der Waals surface area contributed by atoms with Crippen molar-refractivity contribution >= 4 is 28.6 Å². The molecule has 4 aromatic rings. The van der Waals surface area contributed by atoms with Crippen LogP contribution in [0.2, 0.25) is 0 Å². The van der Waals surface area contributed by atoms with E-state index in [0.29, 0.717) is 12.1 Å². The molecule has 2 aromatic carbocycles. The normalized spacial score (nSPS) is 11.0. The minimum absolute atomic E-state index is 0.151. The van der Waals surface area contributed by atoms with Crippen LogP contribution in [0.25, 0.3) is 16.7 Å². The van der Waals surface area contributed by atoms with Crippen molar-refractivity contribution in [1.29, 1.82) is 0 Å². The van der Waals surface area contributed by atoms with E-state index in [-0.39, 0.29) is 11.6 Å². The van der Waals surface area contributed by atoms with Gasteiger partial charge in [0.05, 0.1) is 17.3 Å². The Balaban J connectivity index is 1.43. The molecule has 0 radical (unpaired) electrons. The zero-order valence-corrected chi connectivity index (χ0v) is 15.8. The second-order valence-corrected chi connectivity index (χ2v) is 7.27. The van der Waals surface area contributed by atoms with Crippen molar-refractivity contribution in [2.75, 3.05) is 5.75 Å². The molecule has 0 saturated heterocycles. The van der Waals surface area contributed by atoms with Crippen molar-refractivity contribution in [3.05, 3.63) is 78.5 Å². The molecule has 2 heterocycles. The zero-order valence-electron chi connectivity index (χ0n) is 15.0. The van der Waals surface area contributed by atoms with Crippen molar-refractivity contribution in [2.45, 2.75) is 17.9 Å². The molecule has 0 amide bonds. The molecule has 28 heavy (non-hydrogen) atoms. The average Bonchev–Trinajstić information content (AvgIpc) is 3.17. The van der Waals surface area contributed by atoms with E-state index in [9.17, 15) is 9.18 Å². The number of halogens is 1. The standard InChI is InChI=1S/C21H17FN4OS/c22-16-8-10-17(11-9-16)26-20-18(13-25-26)21(24-14-23-20)28-12-4-7-19(27)15-5-2-1-3-6-15/h1-3,5-6,8-11,13-14H,4,7,12H2. The third-order valence-electron chi connectivity index (χ3n) is 4.28. The monoisotopic (exact) mass is 392 g/mol. The van der Waals surface area contributed by atoms with Gasteiger partial charge in [-0.25, -0.2) is 19.0 Å². The first-order chi connectivity index (χ1) is 13.7. The van der Waals surface area contributed by atoms with Crippen LogP contribution in [0.5, 0.6) is 0 Å². The second-order valence-electron chi connectivity index (χ2n) is 6.19. The van der Waals surface area contributed by atoms with Gasteiger partial charge in [0.25, 0.3) is 0 Å². The van der Waals surface area contributed by atoms with Crippen LogP contribution < -0.4 is 0 Å². The topological polar surface area (TPSA) is 60.7 Å². The minimum atomic E-state index is -0.295. The number of aromatic nitrogens is 4. The summed E-state index contributed by atoms with van der Waals surface area (Å²) in [4.78, 5) is 20.9. The smallest absolute Gasteiger partial charge is 0.167 e. The van der Waals surface area contributed by atoms with Gasteiger partial charge in [0, 0.05) is 12.0 Å². The molecule has 0 saturated carbocycles. The molecule has 4 rings (SSSR count). The number of hydrogen-bond acceptors (Lipinski definition) is 5. The predicted octanol–water partition coefficient (Wildman–Crippen LogP) is 4.71. The van der Waals surface area contributed by atoms with E-state index >= 15 is 0 Å². The maximum absolute atomic E-state index is 13.2. The molecule has 0 aliphatic carbocycles. The highest BCUT2D eigenvalue weighted by Gasteiger charge is 2.12. The van der Waals surface area contributed by atoms with Gasteiger partial charge in [0.1, 0.15) is 17.2 Å². The van der Waals surface area contributed by atoms with E-state index in [1.54, 1.807) is 34.8 Å². The highest BCUT2D eigenvalue weighted by molar-refractivity contribution is 7.99. The number of thioether (sulfide) groups is 1. The van der Waals surface area contributed by atoms with Crippen LogP contribution in [0.3, 0.4) is 0 Å². The Labute approximate surface area is 165 Å². The van der Waals surface area contributed by atoms with Crippen molar-refractivity contribution in [3.8, 4) is 5.69 Å². The highest BCUT2D eigenvalue weighted by atomic mass is 32.2. The van der Waals surface area contributed by atoms with Gasteiger partial charge >= 0.3 is 0 Å². The maximum atomic E-state index is 13.2. The predicted molar refractivity (Wildman–Crippen MR) is 107 cm³/mol. The highest BCUT2D eigenvalue weighted by Crippen LogP contribution is 2.26. The summed E-state index contributed by atoms with van der Waals surface area (Å²) in [5.41, 5.74) is 2.15. The molecule has 2 aromatic heterocycles. The van der Waals surface area contributed by atoms with Gasteiger partial charge < -0.3 is 0 Å². The Morgan fingerprint density at radius 3 is 2.61 bits per heavy atom. The quantitative estimate of drug-likeness (QED) is 0.197. The number of ketones is 1. The number of carbonyl (C=O) groups is 1. The third kappa shape index (κ3) is 3.94. The van der Waals surface area contributed by atoms with Crippen LogP contribution in [0.4, 0.5) is 4.39 Å². The number of carbonyl (C=O) groups excluding carboxylic acids is 1. The largest absolute Gasteiger partial charge is 0.294 e. The van der Waals surface area contributed by atoms with Crippen molar-refractivity contribution in [3.63, 3.8) is 0 Å². The molecule has 0 atom stereocenters. The summed E-state index contributed by atoms with van der Waals surface area (Å²) in [6, 6.07) is 15.4. The lowest BCUT2D eigenvalue weighted by atomic mass is 10.1. The summed E-state index contributed by atoms with van der Waals surface area (Å²) >= 11 is 1.58. The summed E-state index contributed by atoms with van der Waals surface area (Å²) in [7, 11) is 0. The van der Waals surface area contributed by atoms with Gasteiger partial charge in [-0.1, -0.05) is 30.3 Å². The minimum Gasteiger partial charge on any atom is -0.294 e. The van der Waals surface area contributed by atoms with Crippen LogP contribution in [0.1, 0.15) is 23.2 Å². The molecule has 0 N–H and O–H groups in total. The second kappa shape index (κ2) is 8.31. The summed E-state index contributed by atoms with van der Waals surface area (Å²) in [6.07, 6.45) is 4.48. The zero-order chi connectivity index (χ0) is 19.3. The molecule has 140 valence electrons. The molecular weight excluding hydrogens is 375 g/mol. The molecule has 0 aliphatic heterocycles. The molecule has 0 spiro atoms. The fourth-order valence-electron chi connectivity index (χ4n) is 2.88. The Morgan fingerprint density at radius 2 is 1.82 bits per heavy atom. The van der Waals surface area contributed by atoms with Crippen LogP contribution in [-0.2, 0) is 0 Å². The number of fused-ring (bicyclic) bond motifs is 1. The van der Waals surface area contributed by atoms with Crippen molar-refractivity contribution in [2.24, 2.45) is 0 Å². The lowest BCUT2D eigenvalue weighted by Crippen LogP contribution is -1.99. The first kappa shape index (κ1) is 18.3. The van der Waals surface area contributed by atoms with E-state index in [1.165, 1.54) is 18.5 Å². The van der Waals surface area contributed by atoms with E-state index in [0.717, 1.165) is 33.8 Å². The van der Waals surface area contributed by atoms with Crippen molar-refractivity contribution in [1.82, 2.24) is 19.7 Å². The SMILES string of the molecule is O=C(CCCSc1ncnc2c1cnn2-c1ccc(F)cc1)c1ccccc1. The molecule has 0 aliphatic rings. The van der Waals surface area contributed by atoms with Gasteiger partial charge in [0.15, 0.2) is 11.4 Å². The number of hydrogen-bond donors (Lipinski definition) is 0. The first-order valence-corrected chi connectivity index (χ1v) is 9.86. The van der Waals surface area contributed by atoms with Crippen molar-refractivity contribution < 1.29 is 9.18 Å². The Bertz CT molecular complexity index is 1100. The molecule has 0 unspecified atom stereocenters. The summed E-state index contributed by atoms with van der Waals surface area (Å²) in [5.74, 6) is 0.626. The molecule has 7 heteroatoms. The molecule has 0 fully saturated rings. The lowest BCUT2D eigenvalue weighted by Gasteiger charge is -2.04.